The molecule has 0 saturated heterocycles. The van der Waals surface area contributed by atoms with E-state index >= 15 is 0 Å². The Hall–Kier alpha value is -4.29. The molecule has 0 unspecified atom stereocenters. The molecule has 0 aliphatic carbocycles. The van der Waals surface area contributed by atoms with E-state index in [9.17, 15) is 4.79 Å². The van der Waals surface area contributed by atoms with Crippen LogP contribution in [0.3, 0.4) is 0 Å². The van der Waals surface area contributed by atoms with E-state index in [1.165, 1.54) is 0 Å². The number of benzene rings is 4. The zero-order valence-corrected chi connectivity index (χ0v) is 20.3. The Balaban J connectivity index is 1.27. The zero-order valence-electron chi connectivity index (χ0n) is 19.5. The van der Waals surface area contributed by atoms with Crippen LogP contribution in [0.4, 0.5) is 0 Å². The summed E-state index contributed by atoms with van der Waals surface area (Å²) in [7, 11) is 0. The van der Waals surface area contributed by atoms with Crippen molar-refractivity contribution in [1.29, 1.82) is 0 Å². The van der Waals surface area contributed by atoms with Gasteiger partial charge in [0.25, 0.3) is 0 Å². The van der Waals surface area contributed by atoms with Crippen molar-refractivity contribution in [2.75, 3.05) is 6.61 Å². The second-order valence-corrected chi connectivity index (χ2v) is 8.50. The number of hydrazone groups is 1. The quantitative estimate of drug-likeness (QED) is 0.185. The van der Waals surface area contributed by atoms with Crippen LogP contribution in [0, 0.1) is 0 Å². The maximum Gasteiger partial charge on any atom is 0.307 e. The Morgan fingerprint density at radius 2 is 1.83 bits per heavy atom. The summed E-state index contributed by atoms with van der Waals surface area (Å²) in [6.45, 7) is 2.74. The molecule has 0 fully saturated rings. The molecule has 7 heteroatoms. The van der Waals surface area contributed by atoms with Crippen LogP contribution in [0.2, 0.25) is 5.02 Å². The van der Waals surface area contributed by atoms with E-state index in [-0.39, 0.29) is 5.76 Å². The Morgan fingerprint density at radius 1 is 0.944 bits per heavy atom. The standard InChI is InChI=1S/C29H23ClN2O4/c1-2-34-27-15-19(10-12-26(27)35-18-20-6-5-8-22(30)14-20)17-31-32-29(33)28-16-24-23-9-4-3-7-21(23)11-13-25(24)36-28/h3-17H,2,18H2,1H3,(H,32,33). The fourth-order valence-corrected chi connectivity index (χ4v) is 4.12. The highest BCUT2D eigenvalue weighted by atomic mass is 35.5. The number of halogens is 1. The summed E-state index contributed by atoms with van der Waals surface area (Å²) in [5.74, 6) is 0.947. The molecule has 0 spiro atoms. The first-order valence-corrected chi connectivity index (χ1v) is 11.9. The molecule has 36 heavy (non-hydrogen) atoms. The molecule has 0 radical (unpaired) electrons. The number of ether oxygens (including phenoxy) is 2. The topological polar surface area (TPSA) is 73.1 Å². The highest BCUT2D eigenvalue weighted by Crippen LogP contribution is 2.30. The van der Waals surface area contributed by atoms with Gasteiger partial charge in [-0.25, -0.2) is 5.43 Å². The first kappa shape index (κ1) is 23.5. The predicted octanol–water partition coefficient (Wildman–Crippen LogP) is 6.98. The lowest BCUT2D eigenvalue weighted by atomic mass is 10.1. The Labute approximate surface area is 213 Å². The summed E-state index contributed by atoms with van der Waals surface area (Å²) in [4.78, 5) is 12.6. The van der Waals surface area contributed by atoms with Crippen molar-refractivity contribution in [3.63, 3.8) is 0 Å². The Bertz CT molecular complexity index is 1570. The van der Waals surface area contributed by atoms with Crippen LogP contribution in [-0.4, -0.2) is 18.7 Å². The summed E-state index contributed by atoms with van der Waals surface area (Å²) in [5.41, 5.74) is 4.87. The molecule has 180 valence electrons. The minimum Gasteiger partial charge on any atom is -0.490 e. The minimum absolute atomic E-state index is 0.193. The lowest BCUT2D eigenvalue weighted by molar-refractivity contribution is 0.0929. The summed E-state index contributed by atoms with van der Waals surface area (Å²) in [6, 6.07) is 26.5. The molecule has 1 N–H and O–H groups in total. The minimum atomic E-state index is -0.432. The van der Waals surface area contributed by atoms with Crippen LogP contribution in [0.25, 0.3) is 21.7 Å². The van der Waals surface area contributed by atoms with Gasteiger partial charge in [-0.05, 0) is 71.3 Å². The van der Waals surface area contributed by atoms with Crippen molar-refractivity contribution < 1.29 is 18.7 Å². The van der Waals surface area contributed by atoms with Crippen molar-refractivity contribution in [3.8, 4) is 11.5 Å². The van der Waals surface area contributed by atoms with Gasteiger partial charge in [-0.3, -0.25) is 4.79 Å². The average Bonchev–Trinajstić information content (AvgIpc) is 3.34. The van der Waals surface area contributed by atoms with Crippen molar-refractivity contribution in [2.45, 2.75) is 13.5 Å². The number of furan rings is 1. The second kappa shape index (κ2) is 10.5. The Morgan fingerprint density at radius 3 is 2.69 bits per heavy atom. The van der Waals surface area contributed by atoms with Crippen molar-refractivity contribution >= 4 is 45.5 Å². The number of nitrogens with zero attached hydrogens (tertiary/aromatic N) is 1. The van der Waals surface area contributed by atoms with Gasteiger partial charge in [0.05, 0.1) is 12.8 Å². The zero-order chi connectivity index (χ0) is 24.9. The largest absolute Gasteiger partial charge is 0.490 e. The fraction of sp³-hybridized carbons (Fsp3) is 0.103. The molecule has 0 bridgehead atoms. The number of carbonyl (C=O) groups excluding carboxylic acids is 1. The maximum atomic E-state index is 12.6. The maximum absolute atomic E-state index is 12.6. The van der Waals surface area contributed by atoms with E-state index in [2.05, 4.69) is 10.5 Å². The van der Waals surface area contributed by atoms with Crippen LogP contribution in [0.5, 0.6) is 11.5 Å². The van der Waals surface area contributed by atoms with Gasteiger partial charge in [-0.15, -0.1) is 0 Å². The molecule has 1 aromatic heterocycles. The highest BCUT2D eigenvalue weighted by molar-refractivity contribution is 6.30. The van der Waals surface area contributed by atoms with Gasteiger partial charge in [0, 0.05) is 10.4 Å². The highest BCUT2D eigenvalue weighted by Gasteiger charge is 2.13. The number of carbonyl (C=O) groups is 1. The van der Waals surface area contributed by atoms with Gasteiger partial charge in [-0.1, -0.05) is 54.1 Å². The fourth-order valence-electron chi connectivity index (χ4n) is 3.91. The van der Waals surface area contributed by atoms with Crippen LogP contribution in [0.15, 0.2) is 94.4 Å². The lowest BCUT2D eigenvalue weighted by Gasteiger charge is -2.12. The third-order valence-corrected chi connectivity index (χ3v) is 5.82. The summed E-state index contributed by atoms with van der Waals surface area (Å²) in [6.07, 6.45) is 1.54. The van der Waals surface area contributed by atoms with Crippen LogP contribution >= 0.6 is 11.6 Å². The summed E-state index contributed by atoms with van der Waals surface area (Å²) in [5, 5.41) is 7.75. The number of nitrogens with one attached hydrogen (secondary N) is 1. The van der Waals surface area contributed by atoms with Gasteiger partial charge in [-0.2, -0.15) is 5.10 Å². The molecule has 5 rings (SSSR count). The van der Waals surface area contributed by atoms with Gasteiger partial charge in [0.2, 0.25) is 0 Å². The van der Waals surface area contributed by atoms with Gasteiger partial charge >= 0.3 is 5.91 Å². The molecule has 4 aromatic carbocycles. The molecule has 1 amide bonds. The Kier molecular flexibility index (Phi) is 6.87. The summed E-state index contributed by atoms with van der Waals surface area (Å²) >= 11 is 6.05. The number of amides is 1. The molecule has 0 atom stereocenters. The van der Waals surface area contributed by atoms with Crippen molar-refractivity contribution in [2.24, 2.45) is 5.10 Å². The average molecular weight is 499 g/mol. The molecule has 6 nitrogen and oxygen atoms in total. The first-order valence-electron chi connectivity index (χ1n) is 11.5. The molecule has 5 aromatic rings. The van der Waals surface area contributed by atoms with Crippen molar-refractivity contribution in [3.05, 3.63) is 107 Å². The van der Waals surface area contributed by atoms with E-state index in [0.717, 1.165) is 27.3 Å². The van der Waals surface area contributed by atoms with Gasteiger partial charge in [0.15, 0.2) is 17.3 Å². The molecule has 1 heterocycles. The monoisotopic (exact) mass is 498 g/mol. The number of fused-ring (bicyclic) bond motifs is 3. The van der Waals surface area contributed by atoms with E-state index in [1.54, 1.807) is 18.3 Å². The summed E-state index contributed by atoms with van der Waals surface area (Å²) < 4.78 is 17.4. The van der Waals surface area contributed by atoms with E-state index in [4.69, 9.17) is 25.5 Å². The number of hydrogen-bond donors (Lipinski definition) is 1. The van der Waals surface area contributed by atoms with E-state index < -0.39 is 5.91 Å². The number of rotatable bonds is 8. The second-order valence-electron chi connectivity index (χ2n) is 8.07. The van der Waals surface area contributed by atoms with Gasteiger partial charge in [0.1, 0.15) is 12.2 Å². The smallest absolute Gasteiger partial charge is 0.307 e. The molecular weight excluding hydrogens is 476 g/mol. The van der Waals surface area contributed by atoms with E-state index in [0.29, 0.717) is 35.3 Å². The van der Waals surface area contributed by atoms with E-state index in [1.807, 2.05) is 79.7 Å². The van der Waals surface area contributed by atoms with Crippen LogP contribution < -0.4 is 14.9 Å². The third-order valence-electron chi connectivity index (χ3n) is 5.58. The molecule has 0 aliphatic rings. The number of hydrogen-bond acceptors (Lipinski definition) is 5. The third kappa shape index (κ3) is 5.19. The SMILES string of the molecule is CCOc1cc(C=NNC(=O)c2cc3c(ccc4ccccc43)o2)ccc1OCc1cccc(Cl)c1. The normalized spacial score (nSPS) is 11.3. The van der Waals surface area contributed by atoms with Crippen LogP contribution in [-0.2, 0) is 6.61 Å². The van der Waals surface area contributed by atoms with Crippen LogP contribution in [0.1, 0.15) is 28.6 Å². The molecule has 0 saturated carbocycles. The lowest BCUT2D eigenvalue weighted by Crippen LogP contribution is -2.16. The molecular formula is C29H23ClN2O4. The molecule has 0 aliphatic heterocycles. The first-order chi connectivity index (χ1) is 17.6. The predicted molar refractivity (Wildman–Crippen MR) is 142 cm³/mol. The van der Waals surface area contributed by atoms with Crippen molar-refractivity contribution in [1.82, 2.24) is 5.43 Å². The van der Waals surface area contributed by atoms with Gasteiger partial charge < -0.3 is 13.9 Å².